The Hall–Kier alpha value is -1.94. The van der Waals surface area contributed by atoms with Crippen LogP contribution in [0, 0.1) is 19.7 Å². The Morgan fingerprint density at radius 3 is 2.71 bits per heavy atom. The summed E-state index contributed by atoms with van der Waals surface area (Å²) < 4.78 is 19.9. The number of aryl methyl sites for hydroxylation is 2. The van der Waals surface area contributed by atoms with Gasteiger partial charge in [-0.15, -0.1) is 0 Å². The van der Waals surface area contributed by atoms with Gasteiger partial charge in [-0.3, -0.25) is 4.98 Å². The molecule has 21 heavy (non-hydrogen) atoms. The van der Waals surface area contributed by atoms with Crippen molar-refractivity contribution in [1.29, 1.82) is 0 Å². The largest absolute Gasteiger partial charge is 0.454 e. The molecule has 0 bridgehead atoms. The molecule has 112 valence electrons. The Balaban J connectivity index is 2.29. The Morgan fingerprint density at radius 2 is 2.00 bits per heavy atom. The molecule has 0 atom stereocenters. The summed E-state index contributed by atoms with van der Waals surface area (Å²) in [5, 5.41) is 3.32. The molecule has 0 amide bonds. The molecule has 1 aromatic carbocycles. The van der Waals surface area contributed by atoms with E-state index in [4.69, 9.17) is 4.74 Å². The lowest BCUT2D eigenvalue weighted by Crippen LogP contribution is -2.22. The molecule has 1 aromatic heterocycles. The quantitative estimate of drug-likeness (QED) is 0.898. The third kappa shape index (κ3) is 4.02. The number of hydrogen-bond donors (Lipinski definition) is 1. The summed E-state index contributed by atoms with van der Waals surface area (Å²) in [5.74, 6) is 0.557. The predicted octanol–water partition coefficient (Wildman–Crippen LogP) is 4.13. The van der Waals surface area contributed by atoms with E-state index in [0.29, 0.717) is 23.9 Å². The molecule has 0 saturated heterocycles. The topological polar surface area (TPSA) is 34.1 Å². The third-order valence-electron chi connectivity index (χ3n) is 3.16. The van der Waals surface area contributed by atoms with E-state index in [-0.39, 0.29) is 11.6 Å². The van der Waals surface area contributed by atoms with E-state index < -0.39 is 0 Å². The fraction of sp³-hybridized carbons (Fsp3) is 0.353. The second-order valence-electron chi connectivity index (χ2n) is 5.46. The van der Waals surface area contributed by atoms with E-state index in [9.17, 15) is 4.39 Å². The van der Waals surface area contributed by atoms with Crippen LogP contribution in [0.4, 0.5) is 4.39 Å². The van der Waals surface area contributed by atoms with E-state index in [0.717, 1.165) is 11.3 Å². The zero-order valence-corrected chi connectivity index (χ0v) is 12.9. The van der Waals surface area contributed by atoms with E-state index in [2.05, 4.69) is 24.1 Å². The SMILES string of the molecule is Cc1cc(Oc2cccc(C)c2F)c(CNC(C)C)cn1. The maximum Gasteiger partial charge on any atom is 0.168 e. The Labute approximate surface area is 125 Å². The van der Waals surface area contributed by atoms with Crippen molar-refractivity contribution in [2.45, 2.75) is 40.3 Å². The lowest BCUT2D eigenvalue weighted by Gasteiger charge is -2.14. The molecule has 2 aromatic rings. The van der Waals surface area contributed by atoms with Crippen molar-refractivity contribution in [2.24, 2.45) is 0 Å². The van der Waals surface area contributed by atoms with Crippen molar-refractivity contribution in [3.05, 3.63) is 53.1 Å². The average Bonchev–Trinajstić information content (AvgIpc) is 2.43. The summed E-state index contributed by atoms with van der Waals surface area (Å²) in [5.41, 5.74) is 2.32. The fourth-order valence-electron chi connectivity index (χ4n) is 1.92. The summed E-state index contributed by atoms with van der Waals surface area (Å²) in [4.78, 5) is 4.29. The first kappa shape index (κ1) is 15.4. The minimum atomic E-state index is -0.324. The van der Waals surface area contributed by atoms with Gasteiger partial charge in [0.1, 0.15) is 5.75 Å². The minimum Gasteiger partial charge on any atom is -0.454 e. The summed E-state index contributed by atoms with van der Waals surface area (Å²) in [6.45, 7) is 8.39. The van der Waals surface area contributed by atoms with Crippen molar-refractivity contribution in [3.8, 4) is 11.5 Å². The van der Waals surface area contributed by atoms with Crippen LogP contribution in [0.2, 0.25) is 0 Å². The standard InChI is InChI=1S/C17H21FN2O/c1-11(2)19-9-14-10-20-13(4)8-16(14)21-15-7-5-6-12(3)17(15)18/h5-8,10-11,19H,9H2,1-4H3. The maximum atomic E-state index is 14.1. The Bertz CT molecular complexity index is 626. The molecule has 0 aliphatic heterocycles. The van der Waals surface area contributed by atoms with Gasteiger partial charge in [-0.1, -0.05) is 26.0 Å². The van der Waals surface area contributed by atoms with Crippen molar-refractivity contribution in [1.82, 2.24) is 10.3 Å². The van der Waals surface area contributed by atoms with Gasteiger partial charge in [-0.2, -0.15) is 0 Å². The van der Waals surface area contributed by atoms with Gasteiger partial charge in [0.15, 0.2) is 11.6 Å². The fourth-order valence-corrected chi connectivity index (χ4v) is 1.92. The summed E-state index contributed by atoms with van der Waals surface area (Å²) >= 11 is 0. The number of rotatable bonds is 5. The predicted molar refractivity (Wildman–Crippen MR) is 82.2 cm³/mol. The lowest BCUT2D eigenvalue weighted by atomic mass is 10.2. The number of nitrogens with one attached hydrogen (secondary N) is 1. The van der Waals surface area contributed by atoms with Gasteiger partial charge < -0.3 is 10.1 Å². The van der Waals surface area contributed by atoms with E-state index in [1.165, 1.54) is 0 Å². The smallest absolute Gasteiger partial charge is 0.168 e. The van der Waals surface area contributed by atoms with Crippen LogP contribution in [-0.4, -0.2) is 11.0 Å². The van der Waals surface area contributed by atoms with Crippen molar-refractivity contribution < 1.29 is 9.13 Å². The normalized spacial score (nSPS) is 11.0. The molecule has 1 N–H and O–H groups in total. The highest BCUT2D eigenvalue weighted by molar-refractivity contribution is 5.39. The van der Waals surface area contributed by atoms with Crippen LogP contribution in [0.5, 0.6) is 11.5 Å². The molecule has 3 nitrogen and oxygen atoms in total. The van der Waals surface area contributed by atoms with Gasteiger partial charge in [0.25, 0.3) is 0 Å². The number of ether oxygens (including phenoxy) is 1. The first-order valence-electron chi connectivity index (χ1n) is 7.09. The minimum absolute atomic E-state index is 0.242. The zero-order chi connectivity index (χ0) is 15.4. The van der Waals surface area contributed by atoms with Crippen molar-refractivity contribution >= 4 is 0 Å². The molecule has 0 unspecified atom stereocenters. The molecular weight excluding hydrogens is 267 g/mol. The number of aromatic nitrogens is 1. The van der Waals surface area contributed by atoms with Gasteiger partial charge >= 0.3 is 0 Å². The van der Waals surface area contributed by atoms with Crippen LogP contribution >= 0.6 is 0 Å². The van der Waals surface area contributed by atoms with Crippen molar-refractivity contribution in [2.75, 3.05) is 0 Å². The monoisotopic (exact) mass is 288 g/mol. The van der Waals surface area contributed by atoms with Gasteiger partial charge in [0.05, 0.1) is 0 Å². The molecule has 0 saturated carbocycles. The number of hydrogen-bond acceptors (Lipinski definition) is 3. The van der Waals surface area contributed by atoms with Crippen LogP contribution in [-0.2, 0) is 6.54 Å². The second-order valence-corrected chi connectivity index (χ2v) is 5.46. The van der Waals surface area contributed by atoms with E-state index in [1.807, 2.05) is 13.0 Å². The van der Waals surface area contributed by atoms with Crippen LogP contribution < -0.4 is 10.1 Å². The number of nitrogens with zero attached hydrogens (tertiary/aromatic N) is 1. The molecular formula is C17H21FN2O. The van der Waals surface area contributed by atoms with Gasteiger partial charge in [0, 0.05) is 36.1 Å². The molecule has 0 aliphatic rings. The highest BCUT2D eigenvalue weighted by Gasteiger charge is 2.11. The highest BCUT2D eigenvalue weighted by Crippen LogP contribution is 2.29. The second kappa shape index (κ2) is 6.68. The third-order valence-corrected chi connectivity index (χ3v) is 3.16. The summed E-state index contributed by atoms with van der Waals surface area (Å²) in [6.07, 6.45) is 1.77. The number of benzene rings is 1. The van der Waals surface area contributed by atoms with Crippen LogP contribution in [0.3, 0.4) is 0 Å². The van der Waals surface area contributed by atoms with Gasteiger partial charge in [-0.25, -0.2) is 4.39 Å². The van der Waals surface area contributed by atoms with Gasteiger partial charge in [-0.05, 0) is 25.5 Å². The zero-order valence-electron chi connectivity index (χ0n) is 12.9. The van der Waals surface area contributed by atoms with Crippen molar-refractivity contribution in [3.63, 3.8) is 0 Å². The lowest BCUT2D eigenvalue weighted by molar-refractivity contribution is 0.431. The Kier molecular flexibility index (Phi) is 4.91. The van der Waals surface area contributed by atoms with Crippen LogP contribution in [0.25, 0.3) is 0 Å². The molecule has 1 heterocycles. The first-order valence-corrected chi connectivity index (χ1v) is 7.09. The van der Waals surface area contributed by atoms with Crippen LogP contribution in [0.15, 0.2) is 30.5 Å². The molecule has 0 aliphatic carbocycles. The molecule has 2 rings (SSSR count). The number of halogens is 1. The molecule has 0 radical (unpaired) electrons. The highest BCUT2D eigenvalue weighted by atomic mass is 19.1. The maximum absolute atomic E-state index is 14.1. The van der Waals surface area contributed by atoms with Gasteiger partial charge in [0.2, 0.25) is 0 Å². The van der Waals surface area contributed by atoms with Crippen LogP contribution in [0.1, 0.15) is 30.7 Å². The Morgan fingerprint density at radius 1 is 1.24 bits per heavy atom. The summed E-state index contributed by atoms with van der Waals surface area (Å²) in [6, 6.07) is 7.33. The van der Waals surface area contributed by atoms with E-state index in [1.54, 1.807) is 31.3 Å². The first-order chi connectivity index (χ1) is 9.97. The number of pyridine rings is 1. The molecule has 4 heteroatoms. The molecule has 0 spiro atoms. The summed E-state index contributed by atoms with van der Waals surface area (Å²) in [7, 11) is 0. The molecule has 0 fully saturated rings. The average molecular weight is 288 g/mol. The van der Waals surface area contributed by atoms with E-state index >= 15 is 0 Å².